The third-order valence-electron chi connectivity index (χ3n) is 6.29. The number of pyridine rings is 1. The van der Waals surface area contributed by atoms with E-state index in [4.69, 9.17) is 0 Å². The summed E-state index contributed by atoms with van der Waals surface area (Å²) in [6.07, 6.45) is 4.78. The first-order valence-corrected chi connectivity index (χ1v) is 11.6. The molecule has 34 heavy (non-hydrogen) atoms. The third-order valence-corrected chi connectivity index (χ3v) is 6.29. The lowest BCUT2D eigenvalue weighted by atomic mass is 10.1. The summed E-state index contributed by atoms with van der Waals surface area (Å²) in [7, 11) is 0. The van der Waals surface area contributed by atoms with Crippen LogP contribution in [-0.2, 0) is 17.6 Å². The lowest BCUT2D eigenvalue weighted by molar-refractivity contribution is -0.132. The zero-order valence-corrected chi connectivity index (χ0v) is 19.6. The number of hydrogen-bond donors (Lipinski definition) is 1. The topological polar surface area (TPSA) is 99.3 Å². The number of nitrogens with zero attached hydrogens (tertiary/aromatic N) is 4. The average Bonchev–Trinajstić information content (AvgIpc) is 2.88. The van der Waals surface area contributed by atoms with E-state index < -0.39 is 0 Å². The Kier molecular flexibility index (Phi) is 7.15. The van der Waals surface area contributed by atoms with E-state index in [0.29, 0.717) is 55.2 Å². The summed E-state index contributed by atoms with van der Waals surface area (Å²) >= 11 is 0. The minimum Gasteiger partial charge on any atom is -0.339 e. The number of piperazine rings is 1. The number of aromatic amines is 1. The third kappa shape index (κ3) is 5.22. The maximum atomic E-state index is 12.8. The van der Waals surface area contributed by atoms with Crippen molar-refractivity contribution in [3.05, 3.63) is 81.5 Å². The number of H-pyrrole nitrogens is 1. The molecule has 8 heteroatoms. The molecule has 0 spiro atoms. The minimum atomic E-state index is -0.225. The summed E-state index contributed by atoms with van der Waals surface area (Å²) in [6.45, 7) is 5.86. The van der Waals surface area contributed by atoms with E-state index >= 15 is 0 Å². The summed E-state index contributed by atoms with van der Waals surface area (Å²) in [5, 5.41) is 0. The second kappa shape index (κ2) is 10.4. The Hall–Kier alpha value is -3.81. The molecule has 0 atom stereocenters. The fraction of sp³-hybridized carbons (Fsp3) is 0.346. The zero-order valence-electron chi connectivity index (χ0n) is 19.6. The van der Waals surface area contributed by atoms with E-state index in [1.165, 1.54) is 5.56 Å². The molecule has 1 saturated heterocycles. The van der Waals surface area contributed by atoms with Crippen LogP contribution in [0.15, 0.2) is 53.6 Å². The van der Waals surface area contributed by atoms with Crippen LogP contribution in [-0.4, -0.2) is 62.7 Å². The molecule has 1 aromatic carbocycles. The molecule has 4 rings (SSSR count). The highest BCUT2D eigenvalue weighted by Gasteiger charge is 2.25. The number of carbonyl (C=O) groups is 2. The van der Waals surface area contributed by atoms with Crippen molar-refractivity contribution in [3.63, 3.8) is 0 Å². The van der Waals surface area contributed by atoms with Gasteiger partial charge in [-0.2, -0.15) is 0 Å². The van der Waals surface area contributed by atoms with Crippen LogP contribution in [0.3, 0.4) is 0 Å². The van der Waals surface area contributed by atoms with Crippen LogP contribution in [0.4, 0.5) is 0 Å². The molecule has 2 aromatic heterocycles. The summed E-state index contributed by atoms with van der Waals surface area (Å²) in [6, 6.07) is 11.3. The summed E-state index contributed by atoms with van der Waals surface area (Å²) < 4.78 is 0. The molecule has 1 N–H and O–H groups in total. The molecule has 0 unspecified atom stereocenters. The van der Waals surface area contributed by atoms with Crippen molar-refractivity contribution in [1.29, 1.82) is 0 Å². The van der Waals surface area contributed by atoms with Crippen molar-refractivity contribution < 1.29 is 9.59 Å². The van der Waals surface area contributed by atoms with Crippen LogP contribution in [0.1, 0.15) is 40.5 Å². The lowest BCUT2D eigenvalue weighted by Gasteiger charge is -2.35. The molecule has 0 aliphatic carbocycles. The van der Waals surface area contributed by atoms with E-state index in [-0.39, 0.29) is 23.8 Å². The predicted molar refractivity (Wildman–Crippen MR) is 129 cm³/mol. The monoisotopic (exact) mass is 459 g/mol. The number of nitrogens with one attached hydrogen (secondary N) is 1. The Bertz CT molecular complexity index is 1210. The number of benzene rings is 1. The van der Waals surface area contributed by atoms with Gasteiger partial charge in [0.15, 0.2) is 0 Å². The van der Waals surface area contributed by atoms with Gasteiger partial charge < -0.3 is 14.8 Å². The highest BCUT2D eigenvalue weighted by molar-refractivity contribution is 5.94. The molecule has 1 aliphatic heterocycles. The second-order valence-electron chi connectivity index (χ2n) is 8.44. The maximum Gasteiger partial charge on any atom is 0.254 e. The van der Waals surface area contributed by atoms with Crippen LogP contribution in [0.25, 0.3) is 11.4 Å². The number of amides is 2. The highest BCUT2D eigenvalue weighted by atomic mass is 16.2. The Morgan fingerprint density at radius 1 is 0.971 bits per heavy atom. The SMILES string of the molecule is CCc1ccc(C(=O)N2CCN(C(=O)CCc3c(C)nc(-c4ccncc4)[nH]c3=O)CC2)cc1. The first kappa shape index (κ1) is 23.4. The van der Waals surface area contributed by atoms with Crippen molar-refractivity contribution >= 4 is 11.8 Å². The molecule has 1 aliphatic rings. The van der Waals surface area contributed by atoms with Gasteiger partial charge in [-0.15, -0.1) is 0 Å². The summed E-state index contributed by atoms with van der Waals surface area (Å²) in [5.41, 5.74) is 3.57. The van der Waals surface area contributed by atoms with Gasteiger partial charge in [-0.25, -0.2) is 4.98 Å². The van der Waals surface area contributed by atoms with Gasteiger partial charge >= 0.3 is 0 Å². The normalized spacial score (nSPS) is 13.7. The van der Waals surface area contributed by atoms with Crippen molar-refractivity contribution in [2.75, 3.05) is 26.2 Å². The van der Waals surface area contributed by atoms with Crippen LogP contribution in [0.5, 0.6) is 0 Å². The van der Waals surface area contributed by atoms with E-state index in [1.807, 2.05) is 24.3 Å². The van der Waals surface area contributed by atoms with Gasteiger partial charge in [0.25, 0.3) is 11.5 Å². The van der Waals surface area contributed by atoms with Crippen molar-refractivity contribution in [3.8, 4) is 11.4 Å². The number of aryl methyl sites for hydroxylation is 2. The van der Waals surface area contributed by atoms with Crippen LogP contribution in [0, 0.1) is 6.92 Å². The van der Waals surface area contributed by atoms with Gasteiger partial charge in [0.1, 0.15) is 5.82 Å². The molecule has 0 radical (unpaired) electrons. The van der Waals surface area contributed by atoms with Crippen LogP contribution >= 0.6 is 0 Å². The van der Waals surface area contributed by atoms with E-state index in [2.05, 4.69) is 21.9 Å². The molecule has 1 fully saturated rings. The quantitative estimate of drug-likeness (QED) is 0.611. The highest BCUT2D eigenvalue weighted by Crippen LogP contribution is 2.15. The minimum absolute atomic E-state index is 0.00253. The number of rotatable bonds is 6. The van der Waals surface area contributed by atoms with Crippen molar-refractivity contribution in [1.82, 2.24) is 24.8 Å². The average molecular weight is 460 g/mol. The molecule has 0 bridgehead atoms. The number of carbonyl (C=O) groups excluding carboxylic acids is 2. The largest absolute Gasteiger partial charge is 0.339 e. The van der Waals surface area contributed by atoms with Gasteiger partial charge in [0.05, 0.1) is 0 Å². The molecule has 3 aromatic rings. The first-order chi connectivity index (χ1) is 16.5. The Balaban J connectivity index is 1.32. The lowest BCUT2D eigenvalue weighted by Crippen LogP contribution is -2.50. The predicted octanol–water partition coefficient (Wildman–Crippen LogP) is 2.62. The Labute approximate surface area is 198 Å². The number of aromatic nitrogens is 3. The fourth-order valence-corrected chi connectivity index (χ4v) is 4.17. The second-order valence-corrected chi connectivity index (χ2v) is 8.44. The number of hydrogen-bond acceptors (Lipinski definition) is 5. The first-order valence-electron chi connectivity index (χ1n) is 11.6. The van der Waals surface area contributed by atoms with Crippen molar-refractivity contribution in [2.24, 2.45) is 0 Å². The van der Waals surface area contributed by atoms with Crippen LogP contribution in [0.2, 0.25) is 0 Å². The molecule has 176 valence electrons. The fourth-order valence-electron chi connectivity index (χ4n) is 4.17. The zero-order chi connectivity index (χ0) is 24.1. The van der Waals surface area contributed by atoms with Gasteiger partial charge in [-0.1, -0.05) is 19.1 Å². The molecular weight excluding hydrogens is 430 g/mol. The van der Waals surface area contributed by atoms with Gasteiger partial charge in [-0.05, 0) is 49.6 Å². The van der Waals surface area contributed by atoms with E-state index in [9.17, 15) is 14.4 Å². The Morgan fingerprint density at radius 2 is 1.62 bits per heavy atom. The summed E-state index contributed by atoms with van der Waals surface area (Å²) in [4.78, 5) is 53.1. The maximum absolute atomic E-state index is 12.8. The van der Waals surface area contributed by atoms with E-state index in [1.54, 1.807) is 41.2 Å². The Morgan fingerprint density at radius 3 is 2.24 bits per heavy atom. The molecule has 8 nitrogen and oxygen atoms in total. The van der Waals surface area contributed by atoms with Gasteiger partial charge in [0, 0.05) is 67.4 Å². The molecular formula is C26H29N5O3. The molecule has 2 amide bonds. The van der Waals surface area contributed by atoms with E-state index in [0.717, 1.165) is 12.0 Å². The van der Waals surface area contributed by atoms with Gasteiger partial charge in [0.2, 0.25) is 5.91 Å². The van der Waals surface area contributed by atoms with Crippen molar-refractivity contribution in [2.45, 2.75) is 33.1 Å². The standard InChI is InChI=1S/C26H29N5O3/c1-3-19-4-6-21(7-5-19)26(34)31-16-14-30(15-17-31)23(32)9-8-22-18(2)28-24(29-25(22)33)20-10-12-27-13-11-20/h4-7,10-13H,3,8-9,14-17H2,1-2H3,(H,28,29,33). The molecule has 3 heterocycles. The van der Waals surface area contributed by atoms with Gasteiger partial charge in [-0.3, -0.25) is 19.4 Å². The smallest absolute Gasteiger partial charge is 0.254 e. The summed E-state index contributed by atoms with van der Waals surface area (Å²) in [5.74, 6) is 0.471. The van der Waals surface area contributed by atoms with Crippen LogP contribution < -0.4 is 5.56 Å². The molecule has 0 saturated carbocycles.